The van der Waals surface area contributed by atoms with Gasteiger partial charge in [0, 0.05) is 5.71 Å². The second-order valence-electron chi connectivity index (χ2n) is 8.37. The van der Waals surface area contributed by atoms with Gasteiger partial charge in [-0.1, -0.05) is 123 Å². The zero-order valence-electron chi connectivity index (χ0n) is 20.1. The molecular weight excluding hydrogens is 422 g/mol. The quantitative estimate of drug-likeness (QED) is 0.187. The number of aliphatic imine (C=N–C) groups is 1. The molecule has 0 aliphatic carbocycles. The van der Waals surface area contributed by atoms with Crippen LogP contribution in [0.3, 0.4) is 0 Å². The smallest absolute Gasteiger partial charge is 0.0633 e. The van der Waals surface area contributed by atoms with Crippen LogP contribution in [0.25, 0.3) is 33.5 Å². The van der Waals surface area contributed by atoms with Crippen molar-refractivity contribution in [3.05, 3.63) is 158 Å². The molecule has 0 N–H and O–H groups in total. The number of hydrogen-bond acceptors (Lipinski definition) is 1. The third kappa shape index (κ3) is 5.90. The molecule has 35 heavy (non-hydrogen) atoms. The van der Waals surface area contributed by atoms with Crippen LogP contribution in [0.15, 0.2) is 146 Å². The lowest BCUT2D eigenvalue weighted by molar-refractivity contribution is 1.47. The predicted molar refractivity (Wildman–Crippen MR) is 153 cm³/mol. The Bertz CT molecular complexity index is 1400. The molecule has 1 heteroatoms. The van der Waals surface area contributed by atoms with Crippen molar-refractivity contribution in [2.24, 2.45) is 4.99 Å². The molecule has 0 atom stereocenters. The maximum absolute atomic E-state index is 4.88. The van der Waals surface area contributed by atoms with Crippen LogP contribution >= 0.6 is 0 Å². The lowest BCUT2D eigenvalue weighted by Crippen LogP contribution is -1.98. The van der Waals surface area contributed by atoms with Gasteiger partial charge in [0.25, 0.3) is 0 Å². The van der Waals surface area contributed by atoms with E-state index in [9.17, 15) is 0 Å². The summed E-state index contributed by atoms with van der Waals surface area (Å²) in [4.78, 5) is 4.88. The van der Waals surface area contributed by atoms with Gasteiger partial charge in [-0.3, -0.25) is 4.99 Å². The minimum Gasteiger partial charge on any atom is -0.253 e. The Hall–Kier alpha value is -4.49. The maximum atomic E-state index is 4.88. The molecule has 0 heterocycles. The van der Waals surface area contributed by atoms with E-state index in [-0.39, 0.29) is 0 Å². The van der Waals surface area contributed by atoms with Crippen molar-refractivity contribution in [1.29, 1.82) is 0 Å². The summed E-state index contributed by atoms with van der Waals surface area (Å²) in [5.41, 5.74) is 10.3. The number of hydrogen-bond donors (Lipinski definition) is 0. The van der Waals surface area contributed by atoms with E-state index in [1.54, 1.807) is 6.08 Å². The Kier molecular flexibility index (Phi) is 7.50. The van der Waals surface area contributed by atoms with Crippen LogP contribution in [0.4, 0.5) is 0 Å². The summed E-state index contributed by atoms with van der Waals surface area (Å²) in [6.45, 7) is 14.3. The maximum Gasteiger partial charge on any atom is 0.0633 e. The van der Waals surface area contributed by atoms with Gasteiger partial charge in [0.05, 0.1) is 5.70 Å². The average molecular weight is 452 g/mol. The average Bonchev–Trinajstić information content (AvgIpc) is 2.92. The van der Waals surface area contributed by atoms with Crippen LogP contribution < -0.4 is 0 Å². The highest BCUT2D eigenvalue weighted by Crippen LogP contribution is 2.28. The van der Waals surface area contributed by atoms with Crippen LogP contribution in [0, 0.1) is 0 Å². The summed E-state index contributed by atoms with van der Waals surface area (Å²) in [5.74, 6) is 0. The number of benzene rings is 4. The molecule has 4 rings (SSSR count). The molecule has 0 aliphatic heterocycles. The minimum atomic E-state index is 0.735. The Morgan fingerprint density at radius 3 is 1.77 bits per heavy atom. The molecule has 0 saturated carbocycles. The molecule has 4 aromatic rings. The third-order valence-corrected chi connectivity index (χ3v) is 5.89. The van der Waals surface area contributed by atoms with Crippen LogP contribution in [0.2, 0.25) is 0 Å². The largest absolute Gasteiger partial charge is 0.253 e. The summed E-state index contributed by atoms with van der Waals surface area (Å²) < 4.78 is 0. The number of nitrogens with zero attached hydrogens (tertiary/aromatic N) is 1. The fourth-order valence-electron chi connectivity index (χ4n) is 3.92. The lowest BCUT2D eigenvalue weighted by atomic mass is 9.95. The first-order valence-electron chi connectivity index (χ1n) is 11.6. The molecule has 0 aromatic heterocycles. The minimum absolute atomic E-state index is 0.735. The monoisotopic (exact) mass is 451 g/mol. The van der Waals surface area contributed by atoms with E-state index < -0.39 is 0 Å². The van der Waals surface area contributed by atoms with Crippen molar-refractivity contribution in [2.75, 3.05) is 0 Å². The summed E-state index contributed by atoms with van der Waals surface area (Å²) in [6.07, 6.45) is 5.63. The zero-order chi connectivity index (χ0) is 24.6. The van der Waals surface area contributed by atoms with Crippen molar-refractivity contribution in [3.8, 4) is 22.3 Å². The lowest BCUT2D eigenvalue weighted by Gasteiger charge is -2.12. The highest BCUT2D eigenvalue weighted by Gasteiger charge is 2.08. The molecule has 170 valence electrons. The van der Waals surface area contributed by atoms with Gasteiger partial charge in [-0.15, -0.1) is 0 Å². The van der Waals surface area contributed by atoms with Gasteiger partial charge in [-0.25, -0.2) is 0 Å². The molecule has 0 radical (unpaired) electrons. The summed E-state index contributed by atoms with van der Waals surface area (Å²) in [5, 5.41) is 0. The molecule has 1 nitrogen and oxygen atoms in total. The van der Waals surface area contributed by atoms with E-state index in [0.29, 0.717) is 0 Å². The molecular formula is C34H29N. The topological polar surface area (TPSA) is 12.4 Å². The van der Waals surface area contributed by atoms with Crippen LogP contribution in [0.5, 0.6) is 0 Å². The van der Waals surface area contributed by atoms with Crippen LogP contribution in [0.1, 0.15) is 23.6 Å². The van der Waals surface area contributed by atoms with Gasteiger partial charge in [-0.2, -0.15) is 0 Å². The third-order valence-electron chi connectivity index (χ3n) is 5.89. The van der Waals surface area contributed by atoms with Gasteiger partial charge in [-0.05, 0) is 69.6 Å². The Morgan fingerprint density at radius 1 is 0.629 bits per heavy atom. The molecule has 0 unspecified atom stereocenters. The molecule has 0 fully saturated rings. The van der Waals surface area contributed by atoms with E-state index in [1.807, 2.05) is 31.2 Å². The van der Waals surface area contributed by atoms with E-state index in [0.717, 1.165) is 44.8 Å². The van der Waals surface area contributed by atoms with Gasteiger partial charge in [0.1, 0.15) is 0 Å². The summed E-state index contributed by atoms with van der Waals surface area (Å²) in [7, 11) is 0. The van der Waals surface area contributed by atoms with E-state index in [1.165, 1.54) is 11.1 Å². The summed E-state index contributed by atoms with van der Waals surface area (Å²) in [6, 6.07) is 35.6. The first-order valence-corrected chi connectivity index (χ1v) is 11.6. The van der Waals surface area contributed by atoms with Gasteiger partial charge >= 0.3 is 0 Å². The second-order valence-corrected chi connectivity index (χ2v) is 8.37. The first-order chi connectivity index (χ1) is 17.0. The molecule has 4 aromatic carbocycles. The molecule has 0 spiro atoms. The van der Waals surface area contributed by atoms with Crippen molar-refractivity contribution >= 4 is 17.0 Å². The predicted octanol–water partition coefficient (Wildman–Crippen LogP) is 9.26. The van der Waals surface area contributed by atoms with Crippen molar-refractivity contribution in [3.63, 3.8) is 0 Å². The van der Waals surface area contributed by atoms with E-state index in [2.05, 4.69) is 111 Å². The van der Waals surface area contributed by atoms with E-state index >= 15 is 0 Å². The highest BCUT2D eigenvalue weighted by molar-refractivity contribution is 6.03. The Labute approximate surface area is 208 Å². The van der Waals surface area contributed by atoms with E-state index in [4.69, 9.17) is 4.99 Å². The molecule has 0 bridgehead atoms. The van der Waals surface area contributed by atoms with Gasteiger partial charge in [0.15, 0.2) is 0 Å². The van der Waals surface area contributed by atoms with Crippen molar-refractivity contribution < 1.29 is 0 Å². The number of allylic oxidation sites excluding steroid dienone is 4. The Balaban J connectivity index is 1.66. The van der Waals surface area contributed by atoms with Crippen LogP contribution in [-0.4, -0.2) is 5.71 Å². The number of rotatable bonds is 8. The van der Waals surface area contributed by atoms with Gasteiger partial charge in [0.2, 0.25) is 0 Å². The van der Waals surface area contributed by atoms with Crippen molar-refractivity contribution in [2.45, 2.75) is 6.92 Å². The molecule has 0 saturated heterocycles. The van der Waals surface area contributed by atoms with Gasteiger partial charge < -0.3 is 0 Å². The summed E-state index contributed by atoms with van der Waals surface area (Å²) >= 11 is 0. The standard InChI is InChI=1S/C34H29N/c1-5-6-13-25(2)32-22-33(24-34(23-32)30-16-11-8-12-17-30)27(4)35-26(3)28-18-20-31(21-19-28)29-14-9-7-10-15-29/h5-24H,1-3H2,4H3/b13-6-,35-27+. The Morgan fingerprint density at radius 2 is 1.17 bits per heavy atom. The van der Waals surface area contributed by atoms with Crippen molar-refractivity contribution in [1.82, 2.24) is 0 Å². The second kappa shape index (κ2) is 11.1. The fraction of sp³-hybridized carbons (Fsp3) is 0.0294. The molecule has 0 aliphatic rings. The molecule has 0 amide bonds. The normalized spacial score (nSPS) is 11.4. The first kappa shape index (κ1) is 23.7. The van der Waals surface area contributed by atoms with Crippen LogP contribution in [-0.2, 0) is 0 Å². The zero-order valence-corrected chi connectivity index (χ0v) is 20.1. The SMILES string of the molecule is C=C/C=C\C(=C)c1cc(/C(C)=N/C(=C)c2ccc(-c3ccccc3)cc2)cc(-c2ccccc2)c1. The fourth-order valence-corrected chi connectivity index (χ4v) is 3.92. The highest BCUT2D eigenvalue weighted by atomic mass is 14.7.